The first-order valence-corrected chi connectivity index (χ1v) is 19.9. The number of hydrogen-bond acceptors (Lipinski definition) is 4. The Hall–Kier alpha value is -3.44. The number of benzene rings is 4. The van der Waals surface area contributed by atoms with Gasteiger partial charge in [0.25, 0.3) is 0 Å². The minimum atomic E-state index is 0. The minimum Gasteiger partial charge on any atom is -0.685 e. The van der Waals surface area contributed by atoms with Crippen molar-refractivity contribution in [2.45, 2.75) is 113 Å². The molecule has 0 bridgehead atoms. The number of ketones is 1. The fourth-order valence-electron chi connectivity index (χ4n) is 6.97. The van der Waals surface area contributed by atoms with Crippen LogP contribution in [0, 0.1) is 17.9 Å². The maximum atomic E-state index is 12.2. The Morgan fingerprint density at radius 1 is 0.731 bits per heavy atom. The Morgan fingerprint density at radius 3 is 1.94 bits per heavy atom. The van der Waals surface area contributed by atoms with E-state index in [0.717, 1.165) is 58.7 Å². The SMILES string of the molecule is CC(C)c1nc(-c2[c-]cc(C(C)C)c3ccccc23)c2sc3c4ccccc4ccc3c2n1.CCC(CC)C(=O)/C=C(\[N-]C(C)C)C(CC)CC.[Ir]. The van der Waals surface area contributed by atoms with Gasteiger partial charge in [-0.05, 0) is 35.6 Å². The maximum absolute atomic E-state index is 12.2. The molecule has 0 fully saturated rings. The van der Waals surface area contributed by atoms with Crippen molar-refractivity contribution < 1.29 is 24.9 Å². The summed E-state index contributed by atoms with van der Waals surface area (Å²) in [5.41, 5.74) is 5.46. The van der Waals surface area contributed by atoms with Crippen LogP contribution in [-0.2, 0) is 24.9 Å². The van der Waals surface area contributed by atoms with E-state index in [1.807, 2.05) is 17.4 Å². The summed E-state index contributed by atoms with van der Waals surface area (Å²) in [6, 6.07) is 27.8. The third-order valence-corrected chi connectivity index (χ3v) is 11.2. The molecule has 0 atom stereocenters. The molecule has 0 amide bonds. The Morgan fingerprint density at radius 2 is 1.35 bits per heavy atom. The number of nitrogens with zero attached hydrogens (tertiary/aromatic N) is 3. The molecule has 0 aliphatic carbocycles. The predicted octanol–water partition coefficient (Wildman–Crippen LogP) is 14.0. The van der Waals surface area contributed by atoms with Gasteiger partial charge in [0.2, 0.25) is 0 Å². The Kier molecular flexibility index (Phi) is 14.7. The van der Waals surface area contributed by atoms with E-state index < -0.39 is 0 Å². The first-order chi connectivity index (χ1) is 24.5. The van der Waals surface area contributed by atoms with Crippen LogP contribution in [0.15, 0.2) is 78.5 Å². The second-order valence-corrected chi connectivity index (χ2v) is 15.6. The van der Waals surface area contributed by atoms with Crippen LogP contribution in [-0.4, -0.2) is 21.8 Å². The molecule has 0 saturated heterocycles. The van der Waals surface area contributed by atoms with Crippen molar-refractivity contribution in [1.29, 1.82) is 0 Å². The summed E-state index contributed by atoms with van der Waals surface area (Å²) in [5.74, 6) is 2.40. The molecule has 6 rings (SSSR count). The number of rotatable bonds is 12. The third kappa shape index (κ3) is 8.84. The monoisotopic (exact) mass is 890 g/mol. The van der Waals surface area contributed by atoms with Crippen LogP contribution in [0.25, 0.3) is 58.4 Å². The molecule has 0 spiro atoms. The summed E-state index contributed by atoms with van der Waals surface area (Å²) in [6.07, 6.45) is 5.76. The van der Waals surface area contributed by atoms with Crippen molar-refractivity contribution in [1.82, 2.24) is 9.97 Å². The van der Waals surface area contributed by atoms with Gasteiger partial charge < -0.3 is 5.32 Å². The first kappa shape index (κ1) is 41.3. The number of aromatic nitrogens is 2. The zero-order valence-electron chi connectivity index (χ0n) is 32.6. The molecule has 0 N–H and O–H groups in total. The van der Waals surface area contributed by atoms with E-state index >= 15 is 0 Å². The molecule has 0 aliphatic rings. The van der Waals surface area contributed by atoms with Gasteiger partial charge in [-0.3, -0.25) is 9.78 Å². The van der Waals surface area contributed by atoms with Gasteiger partial charge in [-0.15, -0.1) is 40.6 Å². The normalized spacial score (nSPS) is 12.1. The molecular formula is C46H55IrN3OS-2. The minimum absolute atomic E-state index is 0. The smallest absolute Gasteiger partial charge is 0.157 e. The number of fused-ring (bicyclic) bond motifs is 6. The quantitative estimate of drug-likeness (QED) is 0.0908. The zero-order valence-corrected chi connectivity index (χ0v) is 35.8. The van der Waals surface area contributed by atoms with Gasteiger partial charge in [0.15, 0.2) is 5.78 Å². The molecule has 0 saturated carbocycles. The Bertz CT molecular complexity index is 2150. The Balaban J connectivity index is 0.000000275. The van der Waals surface area contributed by atoms with Crippen molar-refractivity contribution in [2.75, 3.05) is 0 Å². The molecule has 0 unspecified atom stereocenters. The maximum Gasteiger partial charge on any atom is 0.157 e. The van der Waals surface area contributed by atoms with Crippen molar-refractivity contribution >= 4 is 59.0 Å². The van der Waals surface area contributed by atoms with Crippen LogP contribution in [0.2, 0.25) is 0 Å². The summed E-state index contributed by atoms with van der Waals surface area (Å²) in [4.78, 5) is 22.4. The van der Waals surface area contributed by atoms with E-state index in [1.54, 1.807) is 0 Å². The van der Waals surface area contributed by atoms with Crippen molar-refractivity contribution in [3.63, 3.8) is 0 Å². The van der Waals surface area contributed by atoms with Gasteiger partial charge in [-0.2, -0.15) is 5.70 Å². The number of hydrogen-bond donors (Lipinski definition) is 0. The zero-order chi connectivity index (χ0) is 36.8. The van der Waals surface area contributed by atoms with E-state index in [-0.39, 0.29) is 43.8 Å². The standard InChI is InChI=1S/C30H25N2S.C16H31NO.Ir/c1-17(2)20-15-16-24(23-12-8-7-11-22(20)23)26-29-27(32-30(31-26)18(3)4)25-14-13-19-9-5-6-10-21(19)28(25)33-29;1-7-13(8-2)15(17-12(5)6)11-16(18)14(9-3)10-4;/h5-15,17-18H,1-4H3;11-14H,7-10H2,1-6H3,(H,17,18);/q-1;;/p-1. The molecule has 6 heteroatoms. The fraction of sp³-hybridized carbons (Fsp3) is 0.413. The van der Waals surface area contributed by atoms with Gasteiger partial charge in [-0.1, -0.05) is 159 Å². The molecule has 6 aromatic rings. The molecule has 1 radical (unpaired) electrons. The van der Waals surface area contributed by atoms with Gasteiger partial charge in [-0.25, -0.2) is 4.98 Å². The predicted molar refractivity (Wildman–Crippen MR) is 222 cm³/mol. The number of thiophene rings is 1. The van der Waals surface area contributed by atoms with E-state index in [0.29, 0.717) is 11.8 Å². The van der Waals surface area contributed by atoms with Crippen LogP contribution in [0.4, 0.5) is 0 Å². The van der Waals surface area contributed by atoms with Crippen LogP contribution >= 0.6 is 11.3 Å². The van der Waals surface area contributed by atoms with Crippen LogP contribution in [0.1, 0.15) is 118 Å². The summed E-state index contributed by atoms with van der Waals surface area (Å²) >= 11 is 1.81. The number of carbonyl (C=O) groups excluding carboxylic acids is 1. The molecule has 4 aromatic carbocycles. The number of allylic oxidation sites excluding steroid dienone is 2. The molecule has 52 heavy (non-hydrogen) atoms. The average Bonchev–Trinajstić information content (AvgIpc) is 3.51. The molecule has 277 valence electrons. The summed E-state index contributed by atoms with van der Waals surface area (Å²) in [5, 5.41) is 10.9. The van der Waals surface area contributed by atoms with Gasteiger partial charge in [0.05, 0.1) is 5.52 Å². The van der Waals surface area contributed by atoms with Crippen LogP contribution in [0.3, 0.4) is 0 Å². The Labute approximate surface area is 329 Å². The van der Waals surface area contributed by atoms with E-state index in [1.165, 1.54) is 37.2 Å². The third-order valence-electron chi connectivity index (χ3n) is 9.97. The second-order valence-electron chi connectivity index (χ2n) is 14.6. The topological polar surface area (TPSA) is 57.0 Å². The van der Waals surface area contributed by atoms with Gasteiger partial charge >= 0.3 is 0 Å². The molecule has 4 nitrogen and oxygen atoms in total. The van der Waals surface area contributed by atoms with E-state index in [2.05, 4.69) is 147 Å². The largest absolute Gasteiger partial charge is 0.685 e. The summed E-state index contributed by atoms with van der Waals surface area (Å²) in [6.45, 7) is 21.4. The van der Waals surface area contributed by atoms with Crippen molar-refractivity contribution in [3.05, 3.63) is 101 Å². The average molecular weight is 890 g/mol. The molecule has 2 aromatic heterocycles. The summed E-state index contributed by atoms with van der Waals surface area (Å²) < 4.78 is 2.42. The van der Waals surface area contributed by atoms with Crippen molar-refractivity contribution in [3.8, 4) is 11.3 Å². The summed E-state index contributed by atoms with van der Waals surface area (Å²) in [7, 11) is 0. The second kappa shape index (κ2) is 18.5. The van der Waals surface area contributed by atoms with E-state index in [9.17, 15) is 4.79 Å². The van der Waals surface area contributed by atoms with Crippen LogP contribution in [0.5, 0.6) is 0 Å². The molecular weight excluding hydrogens is 835 g/mol. The van der Waals surface area contributed by atoms with E-state index in [4.69, 9.17) is 9.97 Å². The first-order valence-electron chi connectivity index (χ1n) is 19.0. The van der Waals surface area contributed by atoms with Crippen molar-refractivity contribution in [2.24, 2.45) is 11.8 Å². The molecule has 0 aliphatic heterocycles. The van der Waals surface area contributed by atoms with Gasteiger partial charge in [0.1, 0.15) is 5.82 Å². The fourth-order valence-corrected chi connectivity index (χ4v) is 8.24. The number of carbonyl (C=O) groups is 1. The van der Waals surface area contributed by atoms with Gasteiger partial charge in [0, 0.05) is 52.4 Å². The molecule has 2 heterocycles. The van der Waals surface area contributed by atoms with Crippen LogP contribution < -0.4 is 0 Å².